The van der Waals surface area contributed by atoms with Crippen molar-refractivity contribution in [1.29, 1.82) is 0 Å². The number of nitrogens with zero attached hydrogens (tertiary/aromatic N) is 1. The first kappa shape index (κ1) is 13.3. The van der Waals surface area contributed by atoms with Gasteiger partial charge in [0.15, 0.2) is 0 Å². The van der Waals surface area contributed by atoms with E-state index in [9.17, 15) is 4.79 Å². The number of fused-ring (bicyclic) bond motifs is 2. The van der Waals surface area contributed by atoms with Crippen molar-refractivity contribution < 1.29 is 4.79 Å². The molecule has 0 unspecified atom stereocenters. The van der Waals surface area contributed by atoms with Crippen LogP contribution in [0.4, 0.5) is 0 Å². The van der Waals surface area contributed by atoms with Crippen LogP contribution in [-0.2, 0) is 12.8 Å². The van der Waals surface area contributed by atoms with E-state index in [0.29, 0.717) is 5.56 Å². The molecule has 1 aromatic heterocycles. The Morgan fingerprint density at radius 2 is 2.18 bits per heavy atom. The SMILES string of the molecule is Cc1ccc2c(c1)CC[C@H]2NC(=O)c1cnc2c(c1)CC=C2. The van der Waals surface area contributed by atoms with Crippen molar-refractivity contribution >= 4 is 12.0 Å². The average Bonchev–Trinajstić information content (AvgIpc) is 3.13. The van der Waals surface area contributed by atoms with Gasteiger partial charge >= 0.3 is 0 Å². The molecule has 0 saturated carbocycles. The van der Waals surface area contributed by atoms with Gasteiger partial charge in [-0.1, -0.05) is 29.8 Å². The Kier molecular flexibility index (Phi) is 3.07. The Balaban J connectivity index is 1.54. The molecule has 110 valence electrons. The lowest BCUT2D eigenvalue weighted by atomic mass is 10.0. The van der Waals surface area contributed by atoms with Crippen molar-refractivity contribution in [2.75, 3.05) is 0 Å². The zero-order valence-electron chi connectivity index (χ0n) is 12.6. The van der Waals surface area contributed by atoms with Crippen LogP contribution in [0.25, 0.3) is 6.08 Å². The average molecular weight is 290 g/mol. The molecule has 0 bridgehead atoms. The van der Waals surface area contributed by atoms with E-state index in [0.717, 1.165) is 30.5 Å². The summed E-state index contributed by atoms with van der Waals surface area (Å²) < 4.78 is 0. The zero-order valence-corrected chi connectivity index (χ0v) is 12.6. The predicted molar refractivity (Wildman–Crippen MR) is 86.7 cm³/mol. The van der Waals surface area contributed by atoms with Gasteiger partial charge in [-0.2, -0.15) is 0 Å². The maximum Gasteiger partial charge on any atom is 0.253 e. The van der Waals surface area contributed by atoms with Gasteiger partial charge in [0.2, 0.25) is 0 Å². The highest BCUT2D eigenvalue weighted by atomic mass is 16.1. The van der Waals surface area contributed by atoms with Gasteiger partial charge in [-0.25, -0.2) is 0 Å². The molecule has 0 radical (unpaired) electrons. The topological polar surface area (TPSA) is 42.0 Å². The zero-order chi connectivity index (χ0) is 15.1. The lowest BCUT2D eigenvalue weighted by Crippen LogP contribution is -2.27. The molecule has 0 fully saturated rings. The smallest absolute Gasteiger partial charge is 0.253 e. The summed E-state index contributed by atoms with van der Waals surface area (Å²) in [6.07, 6.45) is 8.64. The van der Waals surface area contributed by atoms with E-state index in [-0.39, 0.29) is 11.9 Å². The molecule has 2 aliphatic carbocycles. The van der Waals surface area contributed by atoms with E-state index in [1.54, 1.807) is 6.20 Å². The van der Waals surface area contributed by atoms with E-state index in [4.69, 9.17) is 0 Å². The van der Waals surface area contributed by atoms with E-state index >= 15 is 0 Å². The molecule has 3 nitrogen and oxygen atoms in total. The van der Waals surface area contributed by atoms with Crippen LogP contribution >= 0.6 is 0 Å². The predicted octanol–water partition coefficient (Wildman–Crippen LogP) is 3.38. The summed E-state index contributed by atoms with van der Waals surface area (Å²) in [6, 6.07) is 8.57. The Morgan fingerprint density at radius 1 is 1.27 bits per heavy atom. The van der Waals surface area contributed by atoms with Crippen LogP contribution in [0.15, 0.2) is 36.5 Å². The maximum absolute atomic E-state index is 12.5. The second-order valence-corrected chi connectivity index (χ2v) is 6.14. The van der Waals surface area contributed by atoms with Crippen molar-refractivity contribution in [3.05, 3.63) is 70.0 Å². The highest BCUT2D eigenvalue weighted by molar-refractivity contribution is 5.94. The second-order valence-electron chi connectivity index (χ2n) is 6.14. The lowest BCUT2D eigenvalue weighted by molar-refractivity contribution is 0.0936. The summed E-state index contributed by atoms with van der Waals surface area (Å²) in [5.74, 6) is -0.0272. The molecule has 1 heterocycles. The van der Waals surface area contributed by atoms with Crippen LogP contribution in [0.5, 0.6) is 0 Å². The summed E-state index contributed by atoms with van der Waals surface area (Å²) in [5.41, 5.74) is 6.67. The standard InChI is InChI=1S/C19H18N2O/c1-12-5-7-16-13(9-12)6-8-18(16)21-19(22)15-10-14-3-2-4-17(14)20-11-15/h2,4-5,7,9-11,18H,3,6,8H2,1H3,(H,21,22)/t18-/m1/s1. The van der Waals surface area contributed by atoms with Crippen molar-refractivity contribution in [3.8, 4) is 0 Å². The third-order valence-corrected chi connectivity index (χ3v) is 4.56. The summed E-state index contributed by atoms with van der Waals surface area (Å²) in [5, 5.41) is 3.16. The minimum absolute atomic E-state index is 0.0272. The van der Waals surface area contributed by atoms with Crippen molar-refractivity contribution in [2.45, 2.75) is 32.2 Å². The monoisotopic (exact) mass is 290 g/mol. The highest BCUT2D eigenvalue weighted by Crippen LogP contribution is 2.32. The van der Waals surface area contributed by atoms with Crippen molar-refractivity contribution in [3.63, 3.8) is 0 Å². The largest absolute Gasteiger partial charge is 0.345 e. The molecule has 2 aromatic rings. The fourth-order valence-corrected chi connectivity index (χ4v) is 3.39. The molecule has 4 rings (SSSR count). The van der Waals surface area contributed by atoms with Gasteiger partial charge in [0.25, 0.3) is 5.91 Å². The maximum atomic E-state index is 12.5. The van der Waals surface area contributed by atoms with E-state index in [1.807, 2.05) is 12.1 Å². The van der Waals surface area contributed by atoms with Crippen LogP contribution < -0.4 is 5.32 Å². The fourth-order valence-electron chi connectivity index (χ4n) is 3.39. The van der Waals surface area contributed by atoms with Gasteiger partial charge in [-0.15, -0.1) is 0 Å². The first-order chi connectivity index (χ1) is 10.7. The van der Waals surface area contributed by atoms with E-state index in [2.05, 4.69) is 41.5 Å². The third kappa shape index (κ3) is 2.23. The molecule has 0 saturated heterocycles. The number of carbonyl (C=O) groups excluding carboxylic acids is 1. The van der Waals surface area contributed by atoms with Gasteiger partial charge in [-0.3, -0.25) is 9.78 Å². The first-order valence-electron chi connectivity index (χ1n) is 7.76. The number of pyridine rings is 1. The molecule has 1 atom stereocenters. The first-order valence-corrected chi connectivity index (χ1v) is 7.76. The molecule has 3 heteroatoms. The quantitative estimate of drug-likeness (QED) is 0.921. The Morgan fingerprint density at radius 3 is 3.09 bits per heavy atom. The second kappa shape index (κ2) is 5.09. The number of nitrogens with one attached hydrogen (secondary N) is 1. The highest BCUT2D eigenvalue weighted by Gasteiger charge is 2.24. The van der Waals surface area contributed by atoms with Crippen LogP contribution in [0.1, 0.15) is 50.8 Å². The normalized spacial score (nSPS) is 18.1. The number of aryl methyl sites for hydroxylation is 2. The Hall–Kier alpha value is -2.42. The molecule has 1 aromatic carbocycles. The van der Waals surface area contributed by atoms with Gasteiger partial charge in [0.05, 0.1) is 17.3 Å². The van der Waals surface area contributed by atoms with Gasteiger partial charge in [0, 0.05) is 6.20 Å². The summed E-state index contributed by atoms with van der Waals surface area (Å²) in [6.45, 7) is 2.11. The minimum atomic E-state index is -0.0272. The number of hydrogen-bond acceptors (Lipinski definition) is 2. The van der Waals surface area contributed by atoms with E-state index in [1.165, 1.54) is 16.7 Å². The summed E-state index contributed by atoms with van der Waals surface area (Å²) >= 11 is 0. The number of carbonyl (C=O) groups is 1. The lowest BCUT2D eigenvalue weighted by Gasteiger charge is -2.14. The number of rotatable bonds is 2. The van der Waals surface area contributed by atoms with Crippen molar-refractivity contribution in [1.82, 2.24) is 10.3 Å². The van der Waals surface area contributed by atoms with Crippen molar-refractivity contribution in [2.24, 2.45) is 0 Å². The molecule has 0 aliphatic heterocycles. The number of hydrogen-bond donors (Lipinski definition) is 1. The summed E-state index contributed by atoms with van der Waals surface area (Å²) in [7, 11) is 0. The van der Waals surface area contributed by atoms with Crippen LogP contribution in [0.3, 0.4) is 0 Å². The van der Waals surface area contributed by atoms with E-state index < -0.39 is 0 Å². The molecule has 2 aliphatic rings. The summed E-state index contributed by atoms with van der Waals surface area (Å²) in [4.78, 5) is 16.9. The third-order valence-electron chi connectivity index (χ3n) is 4.56. The van der Waals surface area contributed by atoms with Gasteiger partial charge in [0.1, 0.15) is 0 Å². The van der Waals surface area contributed by atoms with Crippen LogP contribution in [0.2, 0.25) is 0 Å². The van der Waals surface area contributed by atoms with Gasteiger partial charge in [-0.05, 0) is 55.0 Å². The fraction of sp³-hybridized carbons (Fsp3) is 0.263. The molecule has 1 amide bonds. The minimum Gasteiger partial charge on any atom is -0.345 e. The molecule has 1 N–H and O–H groups in total. The molecule has 0 spiro atoms. The molecular formula is C19H18N2O. The van der Waals surface area contributed by atoms with Crippen LogP contribution in [0, 0.1) is 6.92 Å². The molecule has 22 heavy (non-hydrogen) atoms. The number of benzene rings is 1. The van der Waals surface area contributed by atoms with Crippen LogP contribution in [-0.4, -0.2) is 10.9 Å². The Bertz CT molecular complexity index is 792. The molecular weight excluding hydrogens is 272 g/mol. The number of allylic oxidation sites excluding steroid dienone is 1. The number of aromatic nitrogens is 1. The Labute approximate surface area is 130 Å². The van der Waals surface area contributed by atoms with Gasteiger partial charge < -0.3 is 5.32 Å². The number of amides is 1.